The van der Waals surface area contributed by atoms with Crippen LogP contribution in [0.4, 0.5) is 0 Å². The van der Waals surface area contributed by atoms with Crippen LogP contribution in [-0.2, 0) is 5.41 Å². The van der Waals surface area contributed by atoms with E-state index in [1.54, 1.807) is 19.2 Å². The second kappa shape index (κ2) is 4.01. The number of rotatable bonds is 3. The second-order valence-electron chi connectivity index (χ2n) is 5.63. The molecule has 0 radical (unpaired) electrons. The number of methoxy groups -OCH3 is 1. The summed E-state index contributed by atoms with van der Waals surface area (Å²) in [6.45, 7) is 0. The van der Waals surface area contributed by atoms with Gasteiger partial charge in [-0.2, -0.15) is 0 Å². The van der Waals surface area contributed by atoms with E-state index in [0.29, 0.717) is 5.56 Å². The molecule has 18 heavy (non-hydrogen) atoms. The Morgan fingerprint density at radius 2 is 2.11 bits per heavy atom. The highest BCUT2D eigenvalue weighted by Crippen LogP contribution is 2.59. The zero-order chi connectivity index (χ0) is 12.8. The van der Waals surface area contributed by atoms with Crippen LogP contribution in [0, 0.1) is 5.92 Å². The Morgan fingerprint density at radius 1 is 1.39 bits per heavy atom. The molecule has 1 aromatic carbocycles. The van der Waals surface area contributed by atoms with Crippen molar-refractivity contribution in [3.63, 3.8) is 0 Å². The van der Waals surface area contributed by atoms with E-state index >= 15 is 0 Å². The van der Waals surface area contributed by atoms with Crippen molar-refractivity contribution in [1.29, 1.82) is 0 Å². The minimum Gasteiger partial charge on any atom is -0.507 e. The van der Waals surface area contributed by atoms with E-state index in [1.165, 1.54) is 12.8 Å². The number of phenolic OH excluding ortho intramolecular Hbond substituents is 1. The van der Waals surface area contributed by atoms with Gasteiger partial charge in [-0.05, 0) is 50.2 Å². The fourth-order valence-electron chi connectivity index (χ4n) is 3.91. The molecule has 1 aromatic rings. The molecule has 96 valence electrons. The van der Waals surface area contributed by atoms with Crippen LogP contribution in [0.3, 0.4) is 0 Å². The molecule has 0 amide bonds. The third-order valence-corrected chi connectivity index (χ3v) is 4.79. The molecule has 0 heterocycles. The van der Waals surface area contributed by atoms with E-state index in [1.807, 2.05) is 0 Å². The highest BCUT2D eigenvalue weighted by molar-refractivity contribution is 5.81. The number of phenols is 1. The minimum absolute atomic E-state index is 0.0408. The van der Waals surface area contributed by atoms with Crippen molar-refractivity contribution in [3.05, 3.63) is 23.3 Å². The molecule has 0 saturated heterocycles. The van der Waals surface area contributed by atoms with Gasteiger partial charge < -0.3 is 9.84 Å². The highest BCUT2D eigenvalue weighted by Gasteiger charge is 2.48. The first kappa shape index (κ1) is 11.6. The molecule has 0 aliphatic heterocycles. The smallest absolute Gasteiger partial charge is 0.153 e. The van der Waals surface area contributed by atoms with Crippen LogP contribution in [0.5, 0.6) is 11.5 Å². The maximum Gasteiger partial charge on any atom is 0.153 e. The van der Waals surface area contributed by atoms with Crippen molar-refractivity contribution in [2.45, 2.75) is 37.5 Å². The number of carbonyl (C=O) groups excluding carboxylic acids is 1. The summed E-state index contributed by atoms with van der Waals surface area (Å²) >= 11 is 0. The van der Waals surface area contributed by atoms with Gasteiger partial charge in [0.2, 0.25) is 0 Å². The Balaban J connectivity index is 2.17. The number of carbonyl (C=O) groups is 1. The average Bonchev–Trinajstić information content (AvgIpc) is 2.99. The quantitative estimate of drug-likeness (QED) is 0.834. The Hall–Kier alpha value is -1.51. The fraction of sp³-hybridized carbons (Fsp3) is 0.533. The van der Waals surface area contributed by atoms with E-state index in [0.717, 1.165) is 42.8 Å². The third kappa shape index (κ3) is 1.46. The first-order valence-corrected chi connectivity index (χ1v) is 6.56. The van der Waals surface area contributed by atoms with Crippen molar-refractivity contribution >= 4 is 6.29 Å². The van der Waals surface area contributed by atoms with Crippen LogP contribution in [0.25, 0.3) is 0 Å². The summed E-state index contributed by atoms with van der Waals surface area (Å²) in [6, 6.07) is 3.43. The van der Waals surface area contributed by atoms with Crippen molar-refractivity contribution in [1.82, 2.24) is 0 Å². The lowest BCUT2D eigenvalue weighted by molar-refractivity contribution is 0.112. The maximum atomic E-state index is 11.0. The molecule has 1 N–H and O–H groups in total. The predicted octanol–water partition coefficient (Wildman–Crippen LogP) is 3.05. The molecule has 2 aliphatic carbocycles. The zero-order valence-corrected chi connectivity index (χ0v) is 10.6. The van der Waals surface area contributed by atoms with Gasteiger partial charge in [-0.25, -0.2) is 0 Å². The Bertz CT molecular complexity index is 485. The van der Waals surface area contributed by atoms with Crippen LogP contribution < -0.4 is 4.74 Å². The summed E-state index contributed by atoms with van der Waals surface area (Å²) in [5.74, 6) is 1.64. The monoisotopic (exact) mass is 246 g/mol. The van der Waals surface area contributed by atoms with E-state index in [-0.39, 0.29) is 11.2 Å². The molecular formula is C15H18O3. The van der Waals surface area contributed by atoms with Crippen molar-refractivity contribution in [2.75, 3.05) is 7.11 Å². The summed E-state index contributed by atoms with van der Waals surface area (Å²) in [5, 5.41) is 10.4. The molecule has 3 heteroatoms. The molecule has 3 nitrogen and oxygen atoms in total. The van der Waals surface area contributed by atoms with Crippen molar-refractivity contribution in [2.24, 2.45) is 5.92 Å². The molecule has 2 fully saturated rings. The van der Waals surface area contributed by atoms with Gasteiger partial charge in [0.25, 0.3) is 0 Å². The van der Waals surface area contributed by atoms with E-state index in [2.05, 4.69) is 0 Å². The van der Waals surface area contributed by atoms with Crippen LogP contribution in [-0.4, -0.2) is 18.5 Å². The third-order valence-electron chi connectivity index (χ3n) is 4.79. The molecule has 2 bridgehead atoms. The molecule has 0 unspecified atom stereocenters. The first-order valence-electron chi connectivity index (χ1n) is 6.56. The number of hydrogen-bond acceptors (Lipinski definition) is 3. The molecule has 0 atom stereocenters. The Labute approximate surface area is 107 Å². The minimum atomic E-state index is 0.0408. The molecule has 3 rings (SSSR count). The molecular weight excluding hydrogens is 228 g/mol. The number of ether oxygens (including phenoxy) is 1. The first-order chi connectivity index (χ1) is 8.70. The van der Waals surface area contributed by atoms with Gasteiger partial charge >= 0.3 is 0 Å². The van der Waals surface area contributed by atoms with E-state index < -0.39 is 0 Å². The van der Waals surface area contributed by atoms with Gasteiger partial charge in [-0.15, -0.1) is 0 Å². The van der Waals surface area contributed by atoms with Gasteiger partial charge in [0, 0.05) is 11.0 Å². The van der Waals surface area contributed by atoms with Gasteiger partial charge in [0.05, 0.1) is 12.7 Å². The standard InChI is InChI=1S/C15H18O3/c1-18-12-3-2-11(9-16)14(17)13(12)15-6-4-10(8-15)5-7-15/h2-3,9-10,17H,4-8H2,1H3. The van der Waals surface area contributed by atoms with E-state index in [4.69, 9.17) is 4.74 Å². The molecule has 2 aliphatic rings. The number of aromatic hydroxyl groups is 1. The van der Waals surface area contributed by atoms with Gasteiger partial charge in [0.1, 0.15) is 11.5 Å². The highest BCUT2D eigenvalue weighted by atomic mass is 16.5. The summed E-state index contributed by atoms with van der Waals surface area (Å²) in [4.78, 5) is 11.0. The molecule has 2 saturated carbocycles. The van der Waals surface area contributed by atoms with Crippen LogP contribution >= 0.6 is 0 Å². The molecule has 0 aromatic heterocycles. The Kier molecular flexibility index (Phi) is 2.58. The van der Waals surface area contributed by atoms with Crippen molar-refractivity contribution in [3.8, 4) is 11.5 Å². The lowest BCUT2D eigenvalue weighted by Crippen LogP contribution is -2.21. The summed E-state index contributed by atoms with van der Waals surface area (Å²) in [7, 11) is 1.62. The van der Waals surface area contributed by atoms with Crippen LogP contribution in [0.1, 0.15) is 48.0 Å². The number of fused-ring (bicyclic) bond motifs is 2. The maximum absolute atomic E-state index is 11.0. The van der Waals surface area contributed by atoms with Gasteiger partial charge in [-0.1, -0.05) is 0 Å². The predicted molar refractivity (Wildman–Crippen MR) is 68.3 cm³/mol. The normalized spacial score (nSPS) is 29.5. The average molecular weight is 246 g/mol. The second-order valence-corrected chi connectivity index (χ2v) is 5.63. The lowest BCUT2D eigenvalue weighted by atomic mass is 9.76. The topological polar surface area (TPSA) is 46.5 Å². The number of aldehydes is 1. The lowest BCUT2D eigenvalue weighted by Gasteiger charge is -2.30. The summed E-state index contributed by atoms with van der Waals surface area (Å²) < 4.78 is 5.41. The Morgan fingerprint density at radius 3 is 2.61 bits per heavy atom. The summed E-state index contributed by atoms with van der Waals surface area (Å²) in [5.41, 5.74) is 1.28. The SMILES string of the molecule is COc1ccc(C=O)c(O)c1C12CCC(CC1)C2. The largest absolute Gasteiger partial charge is 0.507 e. The van der Waals surface area contributed by atoms with Gasteiger partial charge in [-0.3, -0.25) is 4.79 Å². The van der Waals surface area contributed by atoms with E-state index in [9.17, 15) is 9.90 Å². The van der Waals surface area contributed by atoms with Gasteiger partial charge in [0.15, 0.2) is 6.29 Å². The number of hydrogen-bond donors (Lipinski definition) is 1. The zero-order valence-electron chi connectivity index (χ0n) is 10.6. The van der Waals surface area contributed by atoms with Crippen LogP contribution in [0.2, 0.25) is 0 Å². The van der Waals surface area contributed by atoms with Crippen molar-refractivity contribution < 1.29 is 14.6 Å². The molecule has 0 spiro atoms. The fourth-order valence-corrected chi connectivity index (χ4v) is 3.91. The van der Waals surface area contributed by atoms with Crippen LogP contribution in [0.15, 0.2) is 12.1 Å². The number of benzene rings is 1. The summed E-state index contributed by atoms with van der Waals surface area (Å²) in [6.07, 6.45) is 6.51.